The van der Waals surface area contributed by atoms with E-state index in [2.05, 4.69) is 0 Å². The molecule has 1 rings (SSSR count). The molecule has 0 heterocycles. The quantitative estimate of drug-likeness (QED) is 0.832. The van der Waals surface area contributed by atoms with Crippen LogP contribution in [0.5, 0.6) is 5.75 Å². The summed E-state index contributed by atoms with van der Waals surface area (Å²) >= 11 is 0. The maximum absolute atomic E-state index is 10.7. The van der Waals surface area contributed by atoms with E-state index in [0.29, 0.717) is 12.4 Å². The van der Waals surface area contributed by atoms with Crippen LogP contribution in [0.4, 0.5) is 0 Å². The number of hydrogen-bond donors (Lipinski definition) is 1. The van der Waals surface area contributed by atoms with E-state index in [-0.39, 0.29) is 11.7 Å². The third kappa shape index (κ3) is 3.24. The Morgan fingerprint density at radius 2 is 2.19 bits per heavy atom. The summed E-state index contributed by atoms with van der Waals surface area (Å²) in [5.74, 6) is -0.242. The molecule has 0 aliphatic rings. The smallest absolute Gasteiger partial charge is 0.335 e. The number of methoxy groups -OCH3 is 1. The van der Waals surface area contributed by atoms with E-state index in [1.807, 2.05) is 13.8 Å². The Kier molecular flexibility index (Phi) is 4.31. The van der Waals surface area contributed by atoms with Crippen molar-refractivity contribution < 1.29 is 19.4 Å². The molecule has 1 unspecified atom stereocenters. The molecule has 1 N–H and O–H groups in total. The van der Waals surface area contributed by atoms with Gasteiger partial charge in [-0.2, -0.15) is 0 Å². The SMILES string of the molecule is COCC(C)Oc1ccc(C(=O)O)cc1C. The van der Waals surface area contributed by atoms with Gasteiger partial charge in [0.25, 0.3) is 0 Å². The van der Waals surface area contributed by atoms with Gasteiger partial charge >= 0.3 is 5.97 Å². The van der Waals surface area contributed by atoms with Crippen LogP contribution in [0, 0.1) is 6.92 Å². The van der Waals surface area contributed by atoms with Crippen LogP contribution in [0.25, 0.3) is 0 Å². The van der Waals surface area contributed by atoms with Crippen LogP contribution >= 0.6 is 0 Å². The molecule has 0 aliphatic carbocycles. The Labute approximate surface area is 94.8 Å². The van der Waals surface area contributed by atoms with Gasteiger partial charge in [-0.15, -0.1) is 0 Å². The Morgan fingerprint density at radius 3 is 2.69 bits per heavy atom. The minimum atomic E-state index is -0.931. The molecule has 0 fully saturated rings. The van der Waals surface area contributed by atoms with Gasteiger partial charge in [0, 0.05) is 7.11 Å². The van der Waals surface area contributed by atoms with Crippen LogP contribution in [0.3, 0.4) is 0 Å². The summed E-state index contributed by atoms with van der Waals surface area (Å²) in [6, 6.07) is 4.80. The summed E-state index contributed by atoms with van der Waals surface area (Å²) in [5.41, 5.74) is 1.08. The minimum absolute atomic E-state index is 0.0561. The second kappa shape index (κ2) is 5.51. The van der Waals surface area contributed by atoms with Crippen molar-refractivity contribution in [3.05, 3.63) is 29.3 Å². The normalized spacial score (nSPS) is 12.2. The van der Waals surface area contributed by atoms with E-state index in [0.717, 1.165) is 5.56 Å². The average molecular weight is 224 g/mol. The number of ether oxygens (including phenoxy) is 2. The fourth-order valence-electron chi connectivity index (χ4n) is 1.40. The van der Waals surface area contributed by atoms with E-state index in [1.165, 1.54) is 6.07 Å². The Morgan fingerprint density at radius 1 is 1.50 bits per heavy atom. The number of rotatable bonds is 5. The largest absolute Gasteiger partial charge is 0.488 e. The second-order valence-electron chi connectivity index (χ2n) is 3.67. The zero-order chi connectivity index (χ0) is 12.1. The molecule has 0 radical (unpaired) electrons. The van der Waals surface area contributed by atoms with Crippen LogP contribution < -0.4 is 4.74 Å². The van der Waals surface area contributed by atoms with Crippen molar-refractivity contribution in [2.45, 2.75) is 20.0 Å². The molecule has 0 aromatic heterocycles. The molecular weight excluding hydrogens is 208 g/mol. The molecule has 1 atom stereocenters. The van der Waals surface area contributed by atoms with Crippen molar-refractivity contribution >= 4 is 5.97 Å². The highest BCUT2D eigenvalue weighted by Crippen LogP contribution is 2.20. The Balaban J connectivity index is 2.79. The molecule has 1 aromatic rings. The summed E-state index contributed by atoms with van der Waals surface area (Å²) in [7, 11) is 1.61. The molecule has 0 saturated carbocycles. The maximum atomic E-state index is 10.7. The van der Waals surface area contributed by atoms with Crippen LogP contribution in [0.15, 0.2) is 18.2 Å². The predicted octanol–water partition coefficient (Wildman–Crippen LogP) is 2.11. The summed E-state index contributed by atoms with van der Waals surface area (Å²) in [6.07, 6.45) is -0.0561. The molecule has 4 nitrogen and oxygen atoms in total. The molecule has 88 valence electrons. The van der Waals surface area contributed by atoms with Crippen LogP contribution in [0.1, 0.15) is 22.8 Å². The molecule has 0 saturated heterocycles. The topological polar surface area (TPSA) is 55.8 Å². The van der Waals surface area contributed by atoms with Crippen LogP contribution in [-0.2, 0) is 4.74 Å². The summed E-state index contributed by atoms with van der Waals surface area (Å²) in [4.78, 5) is 10.7. The first-order valence-corrected chi connectivity index (χ1v) is 5.04. The van der Waals surface area contributed by atoms with Gasteiger partial charge in [0.2, 0.25) is 0 Å². The van der Waals surface area contributed by atoms with Crippen molar-refractivity contribution in [3.63, 3.8) is 0 Å². The van der Waals surface area contributed by atoms with Crippen molar-refractivity contribution in [3.8, 4) is 5.75 Å². The van der Waals surface area contributed by atoms with Gasteiger partial charge < -0.3 is 14.6 Å². The summed E-state index contributed by atoms with van der Waals surface area (Å²) in [6.45, 7) is 4.22. The first-order chi connectivity index (χ1) is 7.54. The number of carboxylic acid groups (broad SMARTS) is 1. The fraction of sp³-hybridized carbons (Fsp3) is 0.417. The number of aromatic carboxylic acids is 1. The first-order valence-electron chi connectivity index (χ1n) is 5.04. The van der Waals surface area contributed by atoms with Crippen LogP contribution in [-0.4, -0.2) is 30.9 Å². The lowest BCUT2D eigenvalue weighted by atomic mass is 10.1. The van der Waals surface area contributed by atoms with Crippen molar-refractivity contribution in [2.24, 2.45) is 0 Å². The molecule has 0 spiro atoms. The molecular formula is C12H16O4. The third-order valence-corrected chi connectivity index (χ3v) is 2.15. The van der Waals surface area contributed by atoms with Crippen molar-refractivity contribution in [2.75, 3.05) is 13.7 Å². The number of hydrogen-bond acceptors (Lipinski definition) is 3. The second-order valence-corrected chi connectivity index (χ2v) is 3.67. The predicted molar refractivity (Wildman–Crippen MR) is 60.1 cm³/mol. The van der Waals surface area contributed by atoms with Gasteiger partial charge in [-0.3, -0.25) is 0 Å². The van der Waals surface area contributed by atoms with Gasteiger partial charge in [-0.1, -0.05) is 0 Å². The average Bonchev–Trinajstić information content (AvgIpc) is 2.21. The third-order valence-electron chi connectivity index (χ3n) is 2.15. The van der Waals surface area contributed by atoms with Crippen LogP contribution in [0.2, 0.25) is 0 Å². The fourth-order valence-corrected chi connectivity index (χ4v) is 1.40. The van der Waals surface area contributed by atoms with Crippen molar-refractivity contribution in [1.29, 1.82) is 0 Å². The first kappa shape index (κ1) is 12.5. The summed E-state index contributed by atoms with van der Waals surface area (Å²) < 4.78 is 10.6. The maximum Gasteiger partial charge on any atom is 0.335 e. The molecule has 16 heavy (non-hydrogen) atoms. The highest BCUT2D eigenvalue weighted by atomic mass is 16.5. The molecule has 0 bridgehead atoms. The zero-order valence-corrected chi connectivity index (χ0v) is 9.69. The van der Waals surface area contributed by atoms with Gasteiger partial charge in [0.1, 0.15) is 11.9 Å². The molecule has 0 aliphatic heterocycles. The minimum Gasteiger partial charge on any atom is -0.488 e. The number of carboxylic acids is 1. The monoisotopic (exact) mass is 224 g/mol. The lowest BCUT2D eigenvalue weighted by molar-refractivity contribution is 0.0696. The van der Waals surface area contributed by atoms with Gasteiger partial charge in [0.05, 0.1) is 12.2 Å². The van der Waals surface area contributed by atoms with E-state index in [4.69, 9.17) is 14.6 Å². The number of carbonyl (C=O) groups is 1. The van der Waals surface area contributed by atoms with Crippen molar-refractivity contribution in [1.82, 2.24) is 0 Å². The van der Waals surface area contributed by atoms with E-state index in [9.17, 15) is 4.79 Å². The van der Waals surface area contributed by atoms with Gasteiger partial charge in [-0.05, 0) is 37.6 Å². The van der Waals surface area contributed by atoms with E-state index < -0.39 is 5.97 Å². The van der Waals surface area contributed by atoms with Gasteiger partial charge in [0.15, 0.2) is 0 Å². The van der Waals surface area contributed by atoms with E-state index in [1.54, 1.807) is 19.2 Å². The zero-order valence-electron chi connectivity index (χ0n) is 9.69. The lowest BCUT2D eigenvalue weighted by Gasteiger charge is -2.15. The Bertz CT molecular complexity index is 373. The van der Waals surface area contributed by atoms with Gasteiger partial charge in [-0.25, -0.2) is 4.79 Å². The summed E-state index contributed by atoms with van der Waals surface area (Å²) in [5, 5.41) is 8.81. The number of benzene rings is 1. The molecule has 1 aromatic carbocycles. The standard InChI is InChI=1S/C12H16O4/c1-8-6-10(12(13)14)4-5-11(8)16-9(2)7-15-3/h4-6,9H,7H2,1-3H3,(H,13,14). The highest BCUT2D eigenvalue weighted by Gasteiger charge is 2.09. The highest BCUT2D eigenvalue weighted by molar-refractivity contribution is 5.88. The number of aryl methyl sites for hydroxylation is 1. The Hall–Kier alpha value is -1.55. The van der Waals surface area contributed by atoms with E-state index >= 15 is 0 Å². The molecule has 0 amide bonds. The lowest BCUT2D eigenvalue weighted by Crippen LogP contribution is -2.18. The molecule has 4 heteroatoms.